The van der Waals surface area contributed by atoms with Crippen LogP contribution in [0.2, 0.25) is 0 Å². The minimum atomic E-state index is -0.464. The number of nitrogens with zero attached hydrogens (tertiary/aromatic N) is 4. The summed E-state index contributed by atoms with van der Waals surface area (Å²) >= 11 is 0. The van der Waals surface area contributed by atoms with Crippen molar-refractivity contribution in [3.05, 3.63) is 89.7 Å². The molecule has 7 rings (SSSR count). The lowest BCUT2D eigenvalue weighted by Gasteiger charge is -2.27. The zero-order chi connectivity index (χ0) is 23.4. The highest BCUT2D eigenvalue weighted by Crippen LogP contribution is 2.44. The van der Waals surface area contributed by atoms with Gasteiger partial charge in [0.15, 0.2) is 0 Å². The van der Waals surface area contributed by atoms with Crippen molar-refractivity contribution in [2.24, 2.45) is 0 Å². The first-order valence-corrected chi connectivity index (χ1v) is 12.0. The molecular formula is C27H23N5O3. The molecule has 0 spiro atoms. The van der Waals surface area contributed by atoms with Gasteiger partial charge in [-0.25, -0.2) is 9.97 Å². The molecule has 1 atom stereocenters. The van der Waals surface area contributed by atoms with Crippen molar-refractivity contribution >= 4 is 16.9 Å². The molecular weight excluding hydrogens is 442 g/mol. The summed E-state index contributed by atoms with van der Waals surface area (Å²) in [4.78, 5) is 33.0. The topological polar surface area (TPSA) is 101 Å². The molecule has 2 aliphatic rings. The molecule has 5 aromatic rings. The molecule has 8 nitrogen and oxygen atoms in total. The number of furan rings is 1. The number of aromatic nitrogens is 4. The number of carbonyl (C=O) groups is 1. The standard InChI is InChI=1S/C27H23N5O3/c33-27(25-22(16-10-11-16)31-26(35-25)19-7-3-4-12-28-19)32-13-5-8-18-23(30-15-29-18)24(32)21-14-17-6-1-2-9-20(17)34-21/h1-4,6-7,9,12,14-16,24H,5,8,10-11,13H2,(H,29,30)/t24-/m0/s1. The number of pyridine rings is 1. The molecule has 1 aliphatic carbocycles. The monoisotopic (exact) mass is 465 g/mol. The van der Waals surface area contributed by atoms with E-state index >= 15 is 0 Å². The Morgan fingerprint density at radius 2 is 1.91 bits per heavy atom. The van der Waals surface area contributed by atoms with E-state index in [9.17, 15) is 4.79 Å². The number of aromatic amines is 1. The number of rotatable bonds is 4. The lowest BCUT2D eigenvalue weighted by molar-refractivity contribution is 0.0658. The van der Waals surface area contributed by atoms with Crippen molar-refractivity contribution in [1.82, 2.24) is 24.8 Å². The third-order valence-electron chi connectivity index (χ3n) is 6.82. The number of nitrogens with one attached hydrogen (secondary N) is 1. The van der Waals surface area contributed by atoms with Crippen molar-refractivity contribution in [1.29, 1.82) is 0 Å². The summed E-state index contributed by atoms with van der Waals surface area (Å²) in [6.45, 7) is 0.550. The second-order valence-corrected chi connectivity index (χ2v) is 9.18. The van der Waals surface area contributed by atoms with E-state index in [1.54, 1.807) is 12.5 Å². The van der Waals surface area contributed by atoms with Crippen LogP contribution in [0.15, 0.2) is 69.9 Å². The van der Waals surface area contributed by atoms with Crippen molar-refractivity contribution < 1.29 is 13.6 Å². The predicted molar refractivity (Wildman–Crippen MR) is 128 cm³/mol. The molecule has 1 fully saturated rings. The van der Waals surface area contributed by atoms with E-state index in [-0.39, 0.29) is 11.8 Å². The Labute approximate surface area is 201 Å². The van der Waals surface area contributed by atoms with Crippen molar-refractivity contribution in [2.45, 2.75) is 37.6 Å². The maximum absolute atomic E-state index is 14.2. The molecule has 1 N–H and O–H groups in total. The number of carbonyl (C=O) groups excluding carboxylic acids is 1. The molecule has 0 unspecified atom stereocenters. The first-order valence-electron chi connectivity index (χ1n) is 12.0. The zero-order valence-electron chi connectivity index (χ0n) is 19.0. The normalized spacial score (nSPS) is 17.9. The SMILES string of the molecule is O=C(c1oc(-c2ccccn2)nc1C1CC1)N1CCCc2[nH]cnc2[C@@H]1c1cc2ccccc2o1. The Bertz CT molecular complexity index is 1500. The summed E-state index contributed by atoms with van der Waals surface area (Å²) in [6, 6.07) is 15.0. The molecule has 1 aromatic carbocycles. The summed E-state index contributed by atoms with van der Waals surface area (Å²) in [5.74, 6) is 1.42. The van der Waals surface area contributed by atoms with Gasteiger partial charge in [-0.1, -0.05) is 24.3 Å². The van der Waals surface area contributed by atoms with Gasteiger partial charge in [0.05, 0.1) is 17.7 Å². The number of imidazole rings is 1. The number of aryl methyl sites for hydroxylation is 1. The van der Waals surface area contributed by atoms with Gasteiger partial charge in [-0.2, -0.15) is 0 Å². The van der Waals surface area contributed by atoms with E-state index in [0.29, 0.717) is 29.6 Å². The number of benzene rings is 1. The molecule has 8 heteroatoms. The number of H-pyrrole nitrogens is 1. The van der Waals surface area contributed by atoms with Gasteiger partial charge in [-0.15, -0.1) is 0 Å². The van der Waals surface area contributed by atoms with Crippen LogP contribution in [0.4, 0.5) is 0 Å². The Morgan fingerprint density at radius 3 is 2.74 bits per heavy atom. The number of amides is 1. The molecule has 174 valence electrons. The molecule has 0 bridgehead atoms. The predicted octanol–water partition coefficient (Wildman–Crippen LogP) is 5.26. The van der Waals surface area contributed by atoms with Crippen LogP contribution in [0.5, 0.6) is 0 Å². The molecule has 0 saturated heterocycles. The van der Waals surface area contributed by atoms with Crippen LogP contribution in [0.3, 0.4) is 0 Å². The highest BCUT2D eigenvalue weighted by atomic mass is 16.4. The van der Waals surface area contributed by atoms with Gasteiger partial charge in [0.1, 0.15) is 23.1 Å². The van der Waals surface area contributed by atoms with E-state index in [4.69, 9.17) is 13.8 Å². The van der Waals surface area contributed by atoms with Crippen LogP contribution in [0.25, 0.3) is 22.6 Å². The number of fused-ring (bicyclic) bond motifs is 2. The molecule has 5 heterocycles. The number of oxazole rings is 1. The first kappa shape index (κ1) is 20.2. The number of hydrogen-bond acceptors (Lipinski definition) is 6. The lowest BCUT2D eigenvalue weighted by Crippen LogP contribution is -2.36. The Kier molecular flexibility index (Phi) is 4.58. The second-order valence-electron chi connectivity index (χ2n) is 9.18. The molecule has 1 aliphatic heterocycles. The minimum Gasteiger partial charge on any atom is -0.458 e. The number of hydrogen-bond donors (Lipinski definition) is 1. The Morgan fingerprint density at radius 1 is 1.03 bits per heavy atom. The van der Waals surface area contributed by atoms with Crippen LogP contribution in [0, 0.1) is 0 Å². The summed E-state index contributed by atoms with van der Waals surface area (Å²) in [6.07, 6.45) is 7.01. The van der Waals surface area contributed by atoms with Gasteiger partial charge in [0.2, 0.25) is 11.7 Å². The Balaban J connectivity index is 1.35. The van der Waals surface area contributed by atoms with Gasteiger partial charge in [-0.3, -0.25) is 9.78 Å². The second kappa shape index (κ2) is 7.94. The maximum Gasteiger partial charge on any atom is 0.292 e. The van der Waals surface area contributed by atoms with E-state index in [0.717, 1.165) is 53.7 Å². The Hall–Kier alpha value is -4.20. The molecule has 0 radical (unpaired) electrons. The average molecular weight is 466 g/mol. The van der Waals surface area contributed by atoms with E-state index in [1.807, 2.05) is 53.4 Å². The van der Waals surface area contributed by atoms with Crippen LogP contribution in [0.1, 0.15) is 64.6 Å². The zero-order valence-corrected chi connectivity index (χ0v) is 19.0. The highest BCUT2D eigenvalue weighted by molar-refractivity contribution is 5.94. The molecule has 1 amide bonds. The van der Waals surface area contributed by atoms with Crippen LogP contribution < -0.4 is 0 Å². The number of para-hydroxylation sites is 1. The fourth-order valence-electron chi connectivity index (χ4n) is 4.96. The average Bonchev–Trinajstić information content (AvgIpc) is 3.32. The molecule has 4 aromatic heterocycles. The fourth-order valence-corrected chi connectivity index (χ4v) is 4.96. The van der Waals surface area contributed by atoms with Gasteiger partial charge in [0, 0.05) is 29.7 Å². The quantitative estimate of drug-likeness (QED) is 0.388. The van der Waals surface area contributed by atoms with Crippen molar-refractivity contribution in [3.8, 4) is 11.6 Å². The fraction of sp³-hybridized carbons (Fsp3) is 0.259. The minimum absolute atomic E-state index is 0.192. The van der Waals surface area contributed by atoms with E-state index < -0.39 is 6.04 Å². The van der Waals surface area contributed by atoms with Crippen molar-refractivity contribution in [2.75, 3.05) is 6.54 Å². The lowest BCUT2D eigenvalue weighted by atomic mass is 10.1. The third kappa shape index (κ3) is 3.44. The smallest absolute Gasteiger partial charge is 0.292 e. The van der Waals surface area contributed by atoms with Gasteiger partial charge in [-0.05, 0) is 49.9 Å². The highest BCUT2D eigenvalue weighted by Gasteiger charge is 2.40. The van der Waals surface area contributed by atoms with Gasteiger partial charge < -0.3 is 18.7 Å². The third-order valence-corrected chi connectivity index (χ3v) is 6.82. The summed E-state index contributed by atoms with van der Waals surface area (Å²) in [5.41, 5.74) is 3.97. The van der Waals surface area contributed by atoms with Gasteiger partial charge in [0.25, 0.3) is 5.91 Å². The van der Waals surface area contributed by atoms with Crippen LogP contribution >= 0.6 is 0 Å². The molecule has 1 saturated carbocycles. The van der Waals surface area contributed by atoms with Crippen LogP contribution in [-0.2, 0) is 6.42 Å². The van der Waals surface area contributed by atoms with Crippen LogP contribution in [-0.4, -0.2) is 37.3 Å². The van der Waals surface area contributed by atoms with E-state index in [1.165, 1.54) is 0 Å². The molecule has 35 heavy (non-hydrogen) atoms. The van der Waals surface area contributed by atoms with Gasteiger partial charge >= 0.3 is 0 Å². The maximum atomic E-state index is 14.2. The van der Waals surface area contributed by atoms with E-state index in [2.05, 4.69) is 15.0 Å². The largest absolute Gasteiger partial charge is 0.458 e. The summed E-state index contributed by atoms with van der Waals surface area (Å²) < 4.78 is 12.4. The first-order chi connectivity index (χ1) is 17.3. The van der Waals surface area contributed by atoms with Crippen molar-refractivity contribution in [3.63, 3.8) is 0 Å². The summed E-state index contributed by atoms with van der Waals surface area (Å²) in [5, 5.41) is 0.993. The summed E-state index contributed by atoms with van der Waals surface area (Å²) in [7, 11) is 0.